The molecule has 0 aliphatic heterocycles. The highest BCUT2D eigenvalue weighted by molar-refractivity contribution is 7.17. The molecule has 0 aliphatic rings. The molecule has 0 radical (unpaired) electrons. The lowest BCUT2D eigenvalue weighted by molar-refractivity contribution is -0.144. The fraction of sp³-hybridized carbons (Fsp3) is 0.300. The molecule has 0 aliphatic carbocycles. The van der Waals surface area contributed by atoms with E-state index >= 15 is 0 Å². The molecule has 1 unspecified atom stereocenters. The fourth-order valence-corrected chi connectivity index (χ4v) is 2.09. The third-order valence-electron chi connectivity index (χ3n) is 2.28. The highest BCUT2D eigenvalue weighted by atomic mass is 32.1. The van der Waals surface area contributed by atoms with E-state index in [4.69, 9.17) is 9.84 Å². The average molecular weight is 254 g/mol. The van der Waals surface area contributed by atoms with E-state index in [0.29, 0.717) is 10.2 Å². The van der Waals surface area contributed by atoms with Crippen molar-refractivity contribution in [2.24, 2.45) is 7.05 Å². The molecular formula is C10H10N2O4S. The summed E-state index contributed by atoms with van der Waals surface area (Å²) in [4.78, 5) is 26.6. The molecule has 1 atom stereocenters. The first-order valence-corrected chi connectivity index (χ1v) is 5.72. The largest absolute Gasteiger partial charge is 0.479 e. The summed E-state index contributed by atoms with van der Waals surface area (Å²) in [5.41, 5.74) is 0.281. The average Bonchev–Trinajstić information content (AvgIpc) is 2.73. The maximum atomic E-state index is 11.9. The van der Waals surface area contributed by atoms with Gasteiger partial charge in [0.1, 0.15) is 4.70 Å². The van der Waals surface area contributed by atoms with Gasteiger partial charge < -0.3 is 9.84 Å². The van der Waals surface area contributed by atoms with Crippen molar-refractivity contribution in [2.75, 3.05) is 0 Å². The number of carboxylic acids is 1. The number of carboxylic acid groups (broad SMARTS) is 1. The minimum absolute atomic E-state index is 0.0100. The van der Waals surface area contributed by atoms with E-state index in [9.17, 15) is 9.59 Å². The van der Waals surface area contributed by atoms with Gasteiger partial charge in [-0.05, 0) is 18.4 Å². The lowest BCUT2D eigenvalue weighted by atomic mass is 10.4. The van der Waals surface area contributed by atoms with Crippen molar-refractivity contribution >= 4 is 27.5 Å². The highest BCUT2D eigenvalue weighted by Gasteiger charge is 2.17. The molecule has 0 aromatic carbocycles. The summed E-state index contributed by atoms with van der Waals surface area (Å²) in [6.07, 6.45) is -1.05. The Morgan fingerprint density at radius 3 is 3.00 bits per heavy atom. The molecule has 2 aromatic rings. The number of hydrogen-bond acceptors (Lipinski definition) is 5. The Kier molecular flexibility index (Phi) is 2.84. The number of ether oxygens (including phenoxy) is 1. The summed E-state index contributed by atoms with van der Waals surface area (Å²) < 4.78 is 6.86. The zero-order valence-corrected chi connectivity index (χ0v) is 10.0. The van der Waals surface area contributed by atoms with Crippen LogP contribution >= 0.6 is 11.3 Å². The molecule has 90 valence electrons. The topological polar surface area (TPSA) is 81.4 Å². The second-order valence-electron chi connectivity index (χ2n) is 3.49. The van der Waals surface area contributed by atoms with Gasteiger partial charge in [0.15, 0.2) is 6.10 Å². The van der Waals surface area contributed by atoms with Crippen LogP contribution in [-0.2, 0) is 11.8 Å². The van der Waals surface area contributed by atoms with Crippen molar-refractivity contribution in [3.63, 3.8) is 0 Å². The Labute approximate surface area is 100 Å². The molecule has 0 amide bonds. The SMILES string of the molecule is CC(Oc1nc2ccsc2c(=O)n1C)C(=O)O. The number of thiophene rings is 1. The van der Waals surface area contributed by atoms with Gasteiger partial charge >= 0.3 is 5.97 Å². The molecule has 0 bridgehead atoms. The first-order chi connectivity index (χ1) is 8.00. The number of aromatic nitrogens is 2. The van der Waals surface area contributed by atoms with E-state index in [1.165, 1.54) is 29.9 Å². The Hall–Kier alpha value is -1.89. The van der Waals surface area contributed by atoms with Gasteiger partial charge in [-0.1, -0.05) is 0 Å². The van der Waals surface area contributed by atoms with Crippen LogP contribution in [0.5, 0.6) is 6.01 Å². The van der Waals surface area contributed by atoms with E-state index in [2.05, 4.69) is 4.98 Å². The quantitative estimate of drug-likeness (QED) is 0.878. The molecule has 0 spiro atoms. The standard InChI is InChI=1S/C10H10N2O4S/c1-5(9(14)15)16-10-11-6-3-4-17-7(6)8(13)12(10)2/h3-5H,1-2H3,(H,14,15). The minimum Gasteiger partial charge on any atom is -0.479 e. The predicted octanol–water partition coefficient (Wildman–Crippen LogP) is 0.847. The number of carbonyl (C=O) groups is 1. The number of rotatable bonds is 3. The number of nitrogens with zero attached hydrogens (tertiary/aromatic N) is 2. The second-order valence-corrected chi connectivity index (χ2v) is 4.41. The monoisotopic (exact) mass is 254 g/mol. The van der Waals surface area contributed by atoms with E-state index < -0.39 is 12.1 Å². The zero-order chi connectivity index (χ0) is 12.6. The summed E-state index contributed by atoms with van der Waals surface area (Å²) in [7, 11) is 1.50. The van der Waals surface area contributed by atoms with Gasteiger partial charge in [0.25, 0.3) is 11.6 Å². The number of hydrogen-bond donors (Lipinski definition) is 1. The smallest absolute Gasteiger partial charge is 0.344 e. The molecule has 2 aromatic heterocycles. The molecule has 0 saturated heterocycles. The number of fused-ring (bicyclic) bond motifs is 1. The van der Waals surface area contributed by atoms with Crippen LogP contribution in [0.2, 0.25) is 0 Å². The molecule has 2 rings (SSSR count). The Morgan fingerprint density at radius 1 is 1.65 bits per heavy atom. The molecule has 0 fully saturated rings. The van der Waals surface area contributed by atoms with Crippen LogP contribution in [0.3, 0.4) is 0 Å². The third-order valence-corrected chi connectivity index (χ3v) is 3.17. The van der Waals surface area contributed by atoms with Crippen molar-refractivity contribution in [1.29, 1.82) is 0 Å². The summed E-state index contributed by atoms with van der Waals surface area (Å²) in [6, 6.07) is 1.70. The molecule has 0 saturated carbocycles. The van der Waals surface area contributed by atoms with Crippen LogP contribution in [0.25, 0.3) is 10.2 Å². The van der Waals surface area contributed by atoms with Crippen molar-refractivity contribution in [1.82, 2.24) is 9.55 Å². The van der Waals surface area contributed by atoms with Gasteiger partial charge in [-0.2, -0.15) is 4.98 Å². The van der Waals surface area contributed by atoms with E-state index in [-0.39, 0.29) is 11.6 Å². The maximum absolute atomic E-state index is 11.9. The lowest BCUT2D eigenvalue weighted by Gasteiger charge is -2.11. The molecule has 1 N–H and O–H groups in total. The number of aliphatic carboxylic acids is 1. The van der Waals surface area contributed by atoms with Crippen molar-refractivity contribution in [3.8, 4) is 6.01 Å². The van der Waals surface area contributed by atoms with Crippen molar-refractivity contribution in [2.45, 2.75) is 13.0 Å². The Bertz CT molecular complexity index is 631. The molecule has 2 heterocycles. The summed E-state index contributed by atoms with van der Waals surface area (Å²) in [5.74, 6) is -1.11. The van der Waals surface area contributed by atoms with Gasteiger partial charge in [0.2, 0.25) is 0 Å². The summed E-state index contributed by atoms with van der Waals surface area (Å²) in [6.45, 7) is 1.38. The molecule has 6 nitrogen and oxygen atoms in total. The van der Waals surface area contributed by atoms with Crippen LogP contribution in [0.15, 0.2) is 16.2 Å². The highest BCUT2D eigenvalue weighted by Crippen LogP contribution is 2.17. The van der Waals surface area contributed by atoms with Crippen LogP contribution in [-0.4, -0.2) is 26.7 Å². The van der Waals surface area contributed by atoms with Gasteiger partial charge in [0, 0.05) is 7.05 Å². The fourth-order valence-electron chi connectivity index (χ4n) is 1.28. The van der Waals surface area contributed by atoms with Crippen LogP contribution < -0.4 is 10.3 Å². The first kappa shape index (κ1) is 11.6. The van der Waals surface area contributed by atoms with Gasteiger partial charge in [0.05, 0.1) is 5.52 Å². The lowest BCUT2D eigenvalue weighted by Crippen LogP contribution is -2.28. The predicted molar refractivity (Wildman–Crippen MR) is 62.6 cm³/mol. The Balaban J connectivity index is 2.51. The first-order valence-electron chi connectivity index (χ1n) is 4.84. The summed E-state index contributed by atoms with van der Waals surface area (Å²) in [5, 5.41) is 10.5. The van der Waals surface area contributed by atoms with Crippen LogP contribution in [0.1, 0.15) is 6.92 Å². The minimum atomic E-state index is -1.11. The summed E-state index contributed by atoms with van der Waals surface area (Å²) >= 11 is 1.29. The maximum Gasteiger partial charge on any atom is 0.344 e. The van der Waals surface area contributed by atoms with Crippen LogP contribution in [0.4, 0.5) is 0 Å². The van der Waals surface area contributed by atoms with Gasteiger partial charge in [-0.3, -0.25) is 9.36 Å². The van der Waals surface area contributed by atoms with Gasteiger partial charge in [-0.25, -0.2) is 4.79 Å². The molecule has 7 heteroatoms. The van der Waals surface area contributed by atoms with Crippen molar-refractivity contribution < 1.29 is 14.6 Å². The second kappa shape index (κ2) is 4.17. The zero-order valence-electron chi connectivity index (χ0n) is 9.21. The van der Waals surface area contributed by atoms with E-state index in [1.54, 1.807) is 11.4 Å². The molecular weight excluding hydrogens is 244 g/mol. The Morgan fingerprint density at radius 2 is 2.35 bits per heavy atom. The van der Waals surface area contributed by atoms with Crippen molar-refractivity contribution in [3.05, 3.63) is 21.8 Å². The van der Waals surface area contributed by atoms with E-state index in [0.717, 1.165) is 0 Å². The van der Waals surface area contributed by atoms with Gasteiger partial charge in [-0.15, -0.1) is 11.3 Å². The van der Waals surface area contributed by atoms with Crippen LogP contribution in [0, 0.1) is 0 Å². The third kappa shape index (κ3) is 2.01. The normalized spacial score (nSPS) is 12.6. The van der Waals surface area contributed by atoms with E-state index in [1.807, 2.05) is 0 Å². The molecule has 17 heavy (non-hydrogen) atoms.